The molecular formula is C22H14Br2N2O. The van der Waals surface area contributed by atoms with Gasteiger partial charge < -0.3 is 0 Å². The smallest absolute Gasteiger partial charge is 0.266 e. The lowest BCUT2D eigenvalue weighted by atomic mass is 10.1. The van der Waals surface area contributed by atoms with E-state index in [1.165, 1.54) is 0 Å². The van der Waals surface area contributed by atoms with Gasteiger partial charge in [-0.15, -0.1) is 0 Å². The average molecular weight is 482 g/mol. The Hall–Kier alpha value is -2.50. The quantitative estimate of drug-likeness (QED) is 0.419. The van der Waals surface area contributed by atoms with Crippen molar-refractivity contribution in [2.24, 2.45) is 4.99 Å². The van der Waals surface area contributed by atoms with Crippen molar-refractivity contribution in [1.82, 2.24) is 0 Å². The lowest BCUT2D eigenvalue weighted by Crippen LogP contribution is -2.32. The van der Waals surface area contributed by atoms with E-state index in [9.17, 15) is 4.79 Å². The Kier molecular flexibility index (Phi) is 5.05. The van der Waals surface area contributed by atoms with Crippen LogP contribution in [0.15, 0.2) is 98.5 Å². The van der Waals surface area contributed by atoms with E-state index in [4.69, 9.17) is 0 Å². The SMILES string of the molecule is O=C1/C(=C\c2ccc(Br)cc2)N=C(c2ccccc2)N1c1cccc(Br)c1. The first-order valence-electron chi connectivity index (χ1n) is 8.33. The van der Waals surface area contributed by atoms with Gasteiger partial charge in [0.05, 0.1) is 5.69 Å². The van der Waals surface area contributed by atoms with Gasteiger partial charge in [0, 0.05) is 14.5 Å². The highest BCUT2D eigenvalue weighted by atomic mass is 79.9. The van der Waals surface area contributed by atoms with Crippen LogP contribution in [0.5, 0.6) is 0 Å². The molecule has 1 aliphatic rings. The minimum absolute atomic E-state index is 0.144. The number of carbonyl (C=O) groups excluding carboxylic acids is 1. The van der Waals surface area contributed by atoms with E-state index < -0.39 is 0 Å². The molecular weight excluding hydrogens is 468 g/mol. The molecule has 1 amide bonds. The first-order valence-corrected chi connectivity index (χ1v) is 9.92. The van der Waals surface area contributed by atoms with Crippen molar-refractivity contribution in [2.75, 3.05) is 4.90 Å². The summed E-state index contributed by atoms with van der Waals surface area (Å²) in [5.41, 5.74) is 3.01. The number of amides is 1. The molecule has 0 saturated heterocycles. The standard InChI is InChI=1S/C22H14Br2N2O/c23-17-11-9-15(10-12-17)13-20-22(27)26(19-8-4-7-18(24)14-19)21(25-20)16-5-2-1-3-6-16/h1-14H/b20-13+. The summed E-state index contributed by atoms with van der Waals surface area (Å²) < 4.78 is 1.90. The third-order valence-electron chi connectivity index (χ3n) is 4.13. The fourth-order valence-corrected chi connectivity index (χ4v) is 3.52. The third-order valence-corrected chi connectivity index (χ3v) is 5.15. The van der Waals surface area contributed by atoms with E-state index in [-0.39, 0.29) is 5.91 Å². The topological polar surface area (TPSA) is 32.7 Å². The molecule has 0 bridgehead atoms. The number of halogens is 2. The maximum atomic E-state index is 13.2. The minimum Gasteiger partial charge on any atom is -0.266 e. The summed E-state index contributed by atoms with van der Waals surface area (Å²) in [6.45, 7) is 0. The van der Waals surface area contributed by atoms with Crippen LogP contribution in [-0.2, 0) is 4.79 Å². The Labute approximate surface area is 174 Å². The highest BCUT2D eigenvalue weighted by molar-refractivity contribution is 9.10. The summed E-state index contributed by atoms with van der Waals surface area (Å²) in [6, 6.07) is 25.2. The molecule has 27 heavy (non-hydrogen) atoms. The van der Waals surface area contributed by atoms with Gasteiger partial charge in [0.2, 0.25) is 0 Å². The zero-order valence-corrected chi connectivity index (χ0v) is 17.3. The average Bonchev–Trinajstić information content (AvgIpc) is 3.01. The second kappa shape index (κ2) is 7.62. The second-order valence-electron chi connectivity index (χ2n) is 6.00. The van der Waals surface area contributed by atoms with E-state index in [0.717, 1.165) is 25.8 Å². The van der Waals surface area contributed by atoms with Crippen LogP contribution in [0.25, 0.3) is 6.08 Å². The number of amidine groups is 1. The Morgan fingerprint density at radius 3 is 2.26 bits per heavy atom. The predicted octanol–water partition coefficient (Wildman–Crippen LogP) is 6.05. The molecule has 0 saturated carbocycles. The molecule has 3 nitrogen and oxygen atoms in total. The van der Waals surface area contributed by atoms with E-state index in [1.807, 2.05) is 84.9 Å². The van der Waals surface area contributed by atoms with Crippen LogP contribution in [0.3, 0.4) is 0 Å². The first kappa shape index (κ1) is 17.9. The van der Waals surface area contributed by atoms with Gasteiger partial charge in [0.1, 0.15) is 11.5 Å². The highest BCUT2D eigenvalue weighted by Gasteiger charge is 2.32. The fraction of sp³-hybridized carbons (Fsp3) is 0. The van der Waals surface area contributed by atoms with Crippen molar-refractivity contribution in [1.29, 1.82) is 0 Å². The molecule has 5 heteroatoms. The number of aliphatic imine (C=N–C) groups is 1. The molecule has 0 aliphatic carbocycles. The van der Waals surface area contributed by atoms with Crippen molar-refractivity contribution in [3.63, 3.8) is 0 Å². The van der Waals surface area contributed by atoms with Gasteiger partial charge in [-0.3, -0.25) is 9.69 Å². The Morgan fingerprint density at radius 2 is 1.56 bits per heavy atom. The lowest BCUT2D eigenvalue weighted by molar-refractivity contribution is -0.113. The van der Waals surface area contributed by atoms with E-state index in [0.29, 0.717) is 11.5 Å². The molecule has 4 rings (SSSR count). The van der Waals surface area contributed by atoms with Crippen LogP contribution in [-0.4, -0.2) is 11.7 Å². The molecule has 3 aromatic rings. The van der Waals surface area contributed by atoms with Crippen LogP contribution in [0.4, 0.5) is 5.69 Å². The highest BCUT2D eigenvalue weighted by Crippen LogP contribution is 2.29. The number of nitrogens with zero attached hydrogens (tertiary/aromatic N) is 2. The van der Waals surface area contributed by atoms with Gasteiger partial charge in [0.15, 0.2) is 0 Å². The number of benzene rings is 3. The van der Waals surface area contributed by atoms with Gasteiger partial charge in [-0.25, -0.2) is 4.99 Å². The third kappa shape index (κ3) is 3.80. The van der Waals surface area contributed by atoms with E-state index >= 15 is 0 Å². The molecule has 1 heterocycles. The predicted molar refractivity (Wildman–Crippen MR) is 117 cm³/mol. The maximum Gasteiger partial charge on any atom is 0.282 e. The Balaban J connectivity index is 1.82. The van der Waals surface area contributed by atoms with Gasteiger partial charge in [-0.05, 0) is 42.0 Å². The second-order valence-corrected chi connectivity index (χ2v) is 7.83. The van der Waals surface area contributed by atoms with Crippen LogP contribution < -0.4 is 4.90 Å². The Morgan fingerprint density at radius 1 is 0.815 bits per heavy atom. The zero-order valence-electron chi connectivity index (χ0n) is 14.1. The lowest BCUT2D eigenvalue weighted by Gasteiger charge is -2.18. The molecule has 1 aliphatic heterocycles. The minimum atomic E-state index is -0.144. The van der Waals surface area contributed by atoms with Gasteiger partial charge in [-0.2, -0.15) is 0 Å². The maximum absolute atomic E-state index is 13.2. The molecule has 0 radical (unpaired) electrons. The summed E-state index contributed by atoms with van der Waals surface area (Å²) in [4.78, 5) is 19.5. The number of hydrogen-bond donors (Lipinski definition) is 0. The van der Waals surface area contributed by atoms with Crippen molar-refractivity contribution in [2.45, 2.75) is 0 Å². The van der Waals surface area contributed by atoms with Crippen LogP contribution in [0.2, 0.25) is 0 Å². The number of hydrogen-bond acceptors (Lipinski definition) is 2. The summed E-state index contributed by atoms with van der Waals surface area (Å²) in [5, 5.41) is 0. The largest absolute Gasteiger partial charge is 0.282 e. The fourth-order valence-electron chi connectivity index (χ4n) is 2.87. The molecule has 3 aromatic carbocycles. The summed E-state index contributed by atoms with van der Waals surface area (Å²) in [5.74, 6) is 0.483. The monoisotopic (exact) mass is 480 g/mol. The molecule has 0 fully saturated rings. The van der Waals surface area contributed by atoms with Gasteiger partial charge in [0.25, 0.3) is 5.91 Å². The van der Waals surface area contributed by atoms with Crippen molar-refractivity contribution < 1.29 is 4.79 Å². The molecule has 0 atom stereocenters. The molecule has 0 spiro atoms. The van der Waals surface area contributed by atoms with Gasteiger partial charge in [-0.1, -0.05) is 80.4 Å². The van der Waals surface area contributed by atoms with Crippen LogP contribution in [0.1, 0.15) is 11.1 Å². The summed E-state index contributed by atoms with van der Waals surface area (Å²) >= 11 is 6.91. The summed E-state index contributed by atoms with van der Waals surface area (Å²) in [7, 11) is 0. The molecule has 132 valence electrons. The van der Waals surface area contributed by atoms with Crippen LogP contribution >= 0.6 is 31.9 Å². The normalized spacial score (nSPS) is 15.3. The van der Waals surface area contributed by atoms with Crippen molar-refractivity contribution >= 4 is 55.4 Å². The van der Waals surface area contributed by atoms with Crippen molar-refractivity contribution in [3.05, 3.63) is 105 Å². The van der Waals surface area contributed by atoms with E-state index in [1.54, 1.807) is 4.90 Å². The first-order chi connectivity index (χ1) is 13.1. The zero-order chi connectivity index (χ0) is 18.8. The van der Waals surface area contributed by atoms with E-state index in [2.05, 4.69) is 36.9 Å². The number of rotatable bonds is 3. The molecule has 0 N–H and O–H groups in total. The number of carbonyl (C=O) groups is 1. The molecule has 0 unspecified atom stereocenters. The van der Waals surface area contributed by atoms with Crippen LogP contribution in [0, 0.1) is 0 Å². The van der Waals surface area contributed by atoms with Crippen molar-refractivity contribution in [3.8, 4) is 0 Å². The van der Waals surface area contributed by atoms with Gasteiger partial charge >= 0.3 is 0 Å². The summed E-state index contributed by atoms with van der Waals surface area (Å²) in [6.07, 6.45) is 1.82. The number of anilines is 1. The Bertz CT molecular complexity index is 1060. The molecule has 0 aromatic heterocycles.